The van der Waals surface area contributed by atoms with Crippen LogP contribution in [0.5, 0.6) is 0 Å². The Hall–Kier alpha value is -1.24. The fourth-order valence-electron chi connectivity index (χ4n) is 2.73. The van der Waals surface area contributed by atoms with E-state index < -0.39 is 55.7 Å². The Balaban J connectivity index is 3.47. The maximum absolute atomic E-state index is 12.1. The number of ether oxygens (including phenoxy) is 2. The summed E-state index contributed by atoms with van der Waals surface area (Å²) in [7, 11) is -6.05. The van der Waals surface area contributed by atoms with Crippen molar-refractivity contribution >= 4 is 32.2 Å². The Labute approximate surface area is 140 Å². The predicted octanol–water partition coefficient (Wildman–Crippen LogP) is -0.952. The topological polar surface area (TPSA) is 139 Å². The van der Waals surface area contributed by atoms with Crippen LogP contribution < -0.4 is 0 Å². The molecule has 24 heavy (non-hydrogen) atoms. The summed E-state index contributed by atoms with van der Waals surface area (Å²) in [5, 5.41) is 0. The van der Waals surface area contributed by atoms with E-state index in [1.807, 2.05) is 0 Å². The number of hydrogen-bond donors (Lipinski definition) is 0. The van der Waals surface area contributed by atoms with Crippen LogP contribution in [0.25, 0.3) is 0 Å². The van der Waals surface area contributed by atoms with Crippen molar-refractivity contribution in [1.82, 2.24) is 0 Å². The third-order valence-electron chi connectivity index (χ3n) is 3.69. The summed E-state index contributed by atoms with van der Waals surface area (Å²) in [6, 6.07) is 0. The van der Waals surface area contributed by atoms with Gasteiger partial charge in [0.1, 0.15) is 12.2 Å². The Kier molecular flexibility index (Phi) is 6.02. The molecule has 0 aromatic rings. The molecule has 10 nitrogen and oxygen atoms in total. The van der Waals surface area contributed by atoms with Gasteiger partial charge in [-0.3, -0.25) is 18.0 Å². The first kappa shape index (κ1) is 20.8. The molecule has 0 amide bonds. The van der Waals surface area contributed by atoms with Crippen LogP contribution in [-0.4, -0.2) is 67.7 Å². The second-order valence-electron chi connectivity index (χ2n) is 5.73. The lowest BCUT2D eigenvalue weighted by molar-refractivity contribution is -0.157. The highest BCUT2D eigenvalue weighted by molar-refractivity contribution is 7.86. The summed E-state index contributed by atoms with van der Waals surface area (Å²) >= 11 is 0. The molecule has 1 rings (SSSR count). The number of carbonyl (C=O) groups is 2. The molecule has 1 fully saturated rings. The molecule has 0 saturated heterocycles. The lowest BCUT2D eigenvalue weighted by Crippen LogP contribution is -2.45. The minimum absolute atomic E-state index is 0.271. The standard InChI is InChI=1S/C12H20O10S2/c1-12(11(14)20-3)6-7(10(13)19-2)8(21-23(4,15)16)9(12)22-24(5,17)18/h7-9H,6H2,1-5H3/t7-,8-,9-,12+/m1/s1. The SMILES string of the molecule is COC(=O)[C@@H]1C[C@](C)(C(=O)OC)[C@H](OS(C)(=O)=O)[C@@H]1OS(C)(=O)=O. The first-order valence-electron chi connectivity index (χ1n) is 6.68. The van der Waals surface area contributed by atoms with E-state index in [1.165, 1.54) is 6.92 Å². The maximum atomic E-state index is 12.1. The van der Waals surface area contributed by atoms with Gasteiger partial charge in [0.15, 0.2) is 0 Å². The van der Waals surface area contributed by atoms with Crippen molar-refractivity contribution in [2.75, 3.05) is 26.7 Å². The van der Waals surface area contributed by atoms with Crippen molar-refractivity contribution in [3.63, 3.8) is 0 Å². The number of hydrogen-bond acceptors (Lipinski definition) is 10. The molecule has 0 aliphatic heterocycles. The van der Waals surface area contributed by atoms with E-state index >= 15 is 0 Å². The van der Waals surface area contributed by atoms with Gasteiger partial charge in [-0.1, -0.05) is 0 Å². The zero-order valence-electron chi connectivity index (χ0n) is 13.8. The molecule has 0 bridgehead atoms. The molecule has 0 aromatic heterocycles. The van der Waals surface area contributed by atoms with Gasteiger partial charge >= 0.3 is 11.9 Å². The molecule has 0 heterocycles. The Bertz CT molecular complexity index is 710. The zero-order chi connectivity index (χ0) is 18.9. The van der Waals surface area contributed by atoms with Crippen molar-refractivity contribution in [3.8, 4) is 0 Å². The van der Waals surface area contributed by atoms with Crippen LogP contribution in [0.3, 0.4) is 0 Å². The highest BCUT2D eigenvalue weighted by Crippen LogP contribution is 2.47. The van der Waals surface area contributed by atoms with Gasteiger partial charge < -0.3 is 9.47 Å². The average Bonchev–Trinajstić information content (AvgIpc) is 2.69. The number of esters is 2. The van der Waals surface area contributed by atoms with E-state index in [4.69, 9.17) is 8.37 Å². The molecular formula is C12H20O10S2. The van der Waals surface area contributed by atoms with Crippen LogP contribution in [0.1, 0.15) is 13.3 Å². The van der Waals surface area contributed by atoms with Gasteiger partial charge in [-0.2, -0.15) is 16.8 Å². The third-order valence-corrected chi connectivity index (χ3v) is 4.82. The molecular weight excluding hydrogens is 368 g/mol. The van der Waals surface area contributed by atoms with Crippen LogP contribution in [0.4, 0.5) is 0 Å². The normalized spacial score (nSPS) is 30.8. The molecule has 1 aliphatic rings. The zero-order valence-corrected chi connectivity index (χ0v) is 15.5. The van der Waals surface area contributed by atoms with Gasteiger partial charge in [0.25, 0.3) is 20.2 Å². The quantitative estimate of drug-likeness (QED) is 0.413. The fourth-order valence-corrected chi connectivity index (χ4v) is 4.07. The molecule has 0 radical (unpaired) electrons. The van der Waals surface area contributed by atoms with Gasteiger partial charge in [-0.15, -0.1) is 0 Å². The maximum Gasteiger partial charge on any atom is 0.314 e. The minimum atomic E-state index is -4.10. The van der Waals surface area contributed by atoms with Crippen molar-refractivity contribution in [3.05, 3.63) is 0 Å². The third kappa shape index (κ3) is 4.65. The van der Waals surface area contributed by atoms with Crippen molar-refractivity contribution in [2.45, 2.75) is 25.6 Å². The highest BCUT2D eigenvalue weighted by atomic mass is 32.2. The summed E-state index contributed by atoms with van der Waals surface area (Å²) in [4.78, 5) is 24.1. The highest BCUT2D eigenvalue weighted by Gasteiger charge is 2.62. The molecule has 4 atom stereocenters. The second-order valence-corrected chi connectivity index (χ2v) is 8.93. The van der Waals surface area contributed by atoms with E-state index in [0.29, 0.717) is 0 Å². The van der Waals surface area contributed by atoms with E-state index in [9.17, 15) is 26.4 Å². The number of methoxy groups -OCH3 is 2. The molecule has 0 N–H and O–H groups in total. The summed E-state index contributed by atoms with van der Waals surface area (Å²) < 4.78 is 65.1. The van der Waals surface area contributed by atoms with E-state index in [-0.39, 0.29) is 6.42 Å². The van der Waals surface area contributed by atoms with Gasteiger partial charge in [-0.05, 0) is 13.3 Å². The van der Waals surface area contributed by atoms with Crippen molar-refractivity contribution < 1.29 is 44.3 Å². The van der Waals surface area contributed by atoms with Gasteiger partial charge in [0.05, 0.1) is 38.1 Å². The van der Waals surface area contributed by atoms with Crippen molar-refractivity contribution in [1.29, 1.82) is 0 Å². The first-order valence-corrected chi connectivity index (χ1v) is 10.3. The molecule has 0 spiro atoms. The monoisotopic (exact) mass is 388 g/mol. The lowest BCUT2D eigenvalue weighted by atomic mass is 9.86. The molecule has 12 heteroatoms. The summed E-state index contributed by atoms with van der Waals surface area (Å²) in [6.45, 7) is 1.30. The minimum Gasteiger partial charge on any atom is -0.469 e. The average molecular weight is 388 g/mol. The largest absolute Gasteiger partial charge is 0.469 e. The second kappa shape index (κ2) is 6.94. The predicted molar refractivity (Wildman–Crippen MR) is 79.7 cm³/mol. The summed E-state index contributed by atoms with van der Waals surface area (Å²) in [5.74, 6) is -2.97. The van der Waals surface area contributed by atoms with E-state index in [0.717, 1.165) is 26.7 Å². The van der Waals surface area contributed by atoms with Crippen LogP contribution in [0.15, 0.2) is 0 Å². The Morgan fingerprint density at radius 3 is 1.83 bits per heavy atom. The Morgan fingerprint density at radius 1 is 0.958 bits per heavy atom. The molecule has 0 aromatic carbocycles. The molecule has 1 saturated carbocycles. The molecule has 1 aliphatic carbocycles. The van der Waals surface area contributed by atoms with Gasteiger partial charge in [0.2, 0.25) is 0 Å². The van der Waals surface area contributed by atoms with Gasteiger partial charge in [0, 0.05) is 0 Å². The van der Waals surface area contributed by atoms with Crippen LogP contribution >= 0.6 is 0 Å². The Morgan fingerprint density at radius 2 is 1.46 bits per heavy atom. The van der Waals surface area contributed by atoms with E-state index in [1.54, 1.807) is 0 Å². The van der Waals surface area contributed by atoms with Crippen LogP contribution in [-0.2, 0) is 47.7 Å². The lowest BCUT2D eigenvalue weighted by Gasteiger charge is -2.29. The van der Waals surface area contributed by atoms with Crippen molar-refractivity contribution in [2.24, 2.45) is 11.3 Å². The first-order chi connectivity index (χ1) is 10.7. The van der Waals surface area contributed by atoms with Gasteiger partial charge in [-0.25, -0.2) is 0 Å². The van der Waals surface area contributed by atoms with Crippen LogP contribution in [0.2, 0.25) is 0 Å². The van der Waals surface area contributed by atoms with E-state index in [2.05, 4.69) is 9.47 Å². The molecule has 140 valence electrons. The number of rotatable bonds is 6. The summed E-state index contributed by atoms with van der Waals surface area (Å²) in [5.41, 5.74) is -1.63. The fraction of sp³-hybridized carbons (Fsp3) is 0.833. The summed E-state index contributed by atoms with van der Waals surface area (Å²) in [6.07, 6.45) is -1.96. The van der Waals surface area contributed by atoms with Crippen LogP contribution in [0, 0.1) is 11.3 Å². The molecule has 0 unspecified atom stereocenters. The smallest absolute Gasteiger partial charge is 0.314 e. The number of carbonyl (C=O) groups excluding carboxylic acids is 2.